The Morgan fingerprint density at radius 2 is 1.80 bits per heavy atom. The molecule has 0 radical (unpaired) electrons. The first kappa shape index (κ1) is 17.1. The van der Waals surface area contributed by atoms with E-state index < -0.39 is 0 Å². The summed E-state index contributed by atoms with van der Waals surface area (Å²) in [5.41, 5.74) is 1.93. The van der Waals surface area contributed by atoms with Crippen LogP contribution >= 0.6 is 0 Å². The molecular formula is C20H24N2O3. The van der Waals surface area contributed by atoms with E-state index in [0.29, 0.717) is 13.1 Å². The van der Waals surface area contributed by atoms with Crippen molar-refractivity contribution in [3.63, 3.8) is 0 Å². The average molecular weight is 340 g/mol. The maximum atomic E-state index is 12.5. The minimum atomic E-state index is -0.0512. The van der Waals surface area contributed by atoms with Crippen molar-refractivity contribution in [2.24, 2.45) is 0 Å². The van der Waals surface area contributed by atoms with Crippen molar-refractivity contribution >= 4 is 6.03 Å². The fraction of sp³-hybridized carbons (Fsp3) is 0.350. The van der Waals surface area contributed by atoms with E-state index in [-0.39, 0.29) is 29.5 Å². The molecule has 1 heterocycles. The van der Waals surface area contributed by atoms with Gasteiger partial charge in [0.25, 0.3) is 0 Å². The predicted molar refractivity (Wildman–Crippen MR) is 96.7 cm³/mol. The van der Waals surface area contributed by atoms with Gasteiger partial charge in [-0.1, -0.05) is 36.4 Å². The summed E-state index contributed by atoms with van der Waals surface area (Å²) >= 11 is 0. The number of carbonyl (C=O) groups excluding carboxylic acids is 1. The lowest BCUT2D eigenvalue weighted by molar-refractivity contribution is 0.178. The number of phenols is 2. The van der Waals surface area contributed by atoms with Gasteiger partial charge >= 0.3 is 6.03 Å². The summed E-state index contributed by atoms with van der Waals surface area (Å²) in [5, 5.41) is 22.5. The van der Waals surface area contributed by atoms with Gasteiger partial charge in [-0.2, -0.15) is 0 Å². The lowest BCUT2D eigenvalue weighted by Gasteiger charge is -2.33. The van der Waals surface area contributed by atoms with E-state index >= 15 is 0 Å². The van der Waals surface area contributed by atoms with Gasteiger partial charge in [0.2, 0.25) is 0 Å². The van der Waals surface area contributed by atoms with Crippen molar-refractivity contribution in [1.29, 1.82) is 0 Å². The zero-order valence-electron chi connectivity index (χ0n) is 14.4. The molecule has 1 atom stereocenters. The molecule has 3 rings (SSSR count). The van der Waals surface area contributed by atoms with E-state index in [1.807, 2.05) is 42.2 Å². The topological polar surface area (TPSA) is 72.8 Å². The Morgan fingerprint density at radius 3 is 2.44 bits per heavy atom. The van der Waals surface area contributed by atoms with Gasteiger partial charge in [-0.25, -0.2) is 4.79 Å². The number of urea groups is 1. The Hall–Kier alpha value is -2.69. The number of hydrogen-bond acceptors (Lipinski definition) is 3. The number of hydrogen-bond donors (Lipinski definition) is 3. The Balaban J connectivity index is 1.56. The van der Waals surface area contributed by atoms with Crippen LogP contribution in [0, 0.1) is 0 Å². The number of likely N-dealkylation sites (tertiary alicyclic amines) is 1. The summed E-state index contributed by atoms with van der Waals surface area (Å²) in [6, 6.07) is 14.5. The third-order valence-electron chi connectivity index (χ3n) is 4.88. The van der Waals surface area contributed by atoms with Crippen LogP contribution in [0.25, 0.3) is 0 Å². The second-order valence-electron chi connectivity index (χ2n) is 6.59. The highest BCUT2D eigenvalue weighted by molar-refractivity contribution is 5.74. The fourth-order valence-corrected chi connectivity index (χ4v) is 3.37. The molecule has 2 aromatic carbocycles. The maximum absolute atomic E-state index is 12.5. The highest BCUT2D eigenvalue weighted by Gasteiger charge is 2.26. The molecule has 0 aliphatic carbocycles. The third-order valence-corrected chi connectivity index (χ3v) is 4.88. The first-order chi connectivity index (χ1) is 12.0. The van der Waals surface area contributed by atoms with Crippen molar-refractivity contribution < 1.29 is 15.0 Å². The van der Waals surface area contributed by atoms with Crippen LogP contribution < -0.4 is 5.32 Å². The second kappa shape index (κ2) is 7.47. The molecule has 0 bridgehead atoms. The first-order valence-corrected chi connectivity index (χ1v) is 8.67. The lowest BCUT2D eigenvalue weighted by atomic mass is 9.89. The zero-order chi connectivity index (χ0) is 17.8. The van der Waals surface area contributed by atoms with Crippen LogP contribution in [0.1, 0.15) is 42.9 Å². The summed E-state index contributed by atoms with van der Waals surface area (Å²) < 4.78 is 0. The molecule has 0 spiro atoms. The van der Waals surface area contributed by atoms with Crippen molar-refractivity contribution in [2.75, 3.05) is 13.1 Å². The lowest BCUT2D eigenvalue weighted by Crippen LogP contribution is -2.44. The molecule has 1 saturated heterocycles. The van der Waals surface area contributed by atoms with Crippen molar-refractivity contribution in [3.05, 3.63) is 59.7 Å². The molecule has 1 aliphatic heterocycles. The maximum Gasteiger partial charge on any atom is 0.317 e. The number of benzene rings is 2. The number of amides is 2. The molecule has 5 heteroatoms. The molecule has 5 nitrogen and oxygen atoms in total. The van der Waals surface area contributed by atoms with Gasteiger partial charge in [0, 0.05) is 19.2 Å². The molecule has 2 aromatic rings. The number of phenolic OH excluding ortho intramolecular Hbond substituents is 2. The van der Waals surface area contributed by atoms with E-state index in [2.05, 4.69) is 5.32 Å². The standard InChI is InChI=1S/C20H24N2O3/c1-14(15-5-3-2-4-6-15)21-20(25)22-11-9-16(10-12-22)18-8-7-17(23)13-19(18)24/h2-8,13-14,16,23-24H,9-12H2,1H3,(H,21,25). The van der Waals surface area contributed by atoms with Crippen molar-refractivity contribution in [2.45, 2.75) is 31.7 Å². The smallest absolute Gasteiger partial charge is 0.317 e. The monoisotopic (exact) mass is 340 g/mol. The highest BCUT2D eigenvalue weighted by atomic mass is 16.3. The quantitative estimate of drug-likeness (QED) is 0.797. The molecule has 25 heavy (non-hydrogen) atoms. The molecule has 1 unspecified atom stereocenters. The molecule has 3 N–H and O–H groups in total. The number of piperidine rings is 1. The number of carbonyl (C=O) groups is 1. The first-order valence-electron chi connectivity index (χ1n) is 8.67. The molecule has 132 valence electrons. The number of aromatic hydroxyl groups is 2. The Morgan fingerprint density at radius 1 is 1.12 bits per heavy atom. The van der Waals surface area contributed by atoms with Crippen molar-refractivity contribution in [3.8, 4) is 11.5 Å². The Kier molecular flexibility index (Phi) is 5.12. The van der Waals surface area contributed by atoms with Crippen LogP contribution in [0.5, 0.6) is 11.5 Å². The predicted octanol–water partition coefficient (Wildman–Crippen LogP) is 3.75. The van der Waals surface area contributed by atoms with Crippen LogP contribution in [-0.4, -0.2) is 34.2 Å². The second-order valence-corrected chi connectivity index (χ2v) is 6.59. The van der Waals surface area contributed by atoms with Crippen LogP contribution in [0.4, 0.5) is 4.79 Å². The van der Waals surface area contributed by atoms with E-state index in [0.717, 1.165) is 24.0 Å². The third kappa shape index (κ3) is 4.05. The van der Waals surface area contributed by atoms with Gasteiger partial charge < -0.3 is 20.4 Å². The molecule has 2 amide bonds. The molecule has 0 aromatic heterocycles. The van der Waals surface area contributed by atoms with Crippen LogP contribution in [0.3, 0.4) is 0 Å². The van der Waals surface area contributed by atoms with Gasteiger partial charge in [0.05, 0.1) is 6.04 Å². The molecule has 1 fully saturated rings. The average Bonchev–Trinajstić information content (AvgIpc) is 2.62. The minimum Gasteiger partial charge on any atom is -0.508 e. The van der Waals surface area contributed by atoms with Gasteiger partial charge in [-0.15, -0.1) is 0 Å². The molecular weight excluding hydrogens is 316 g/mol. The minimum absolute atomic E-state index is 0.0347. The summed E-state index contributed by atoms with van der Waals surface area (Å²) in [7, 11) is 0. The largest absolute Gasteiger partial charge is 0.508 e. The van der Waals surface area contributed by atoms with E-state index in [1.165, 1.54) is 6.07 Å². The summed E-state index contributed by atoms with van der Waals surface area (Å²) in [6.07, 6.45) is 1.59. The zero-order valence-corrected chi connectivity index (χ0v) is 14.4. The number of rotatable bonds is 3. The van der Waals surface area contributed by atoms with Crippen molar-refractivity contribution in [1.82, 2.24) is 10.2 Å². The van der Waals surface area contributed by atoms with Crippen LogP contribution in [-0.2, 0) is 0 Å². The van der Waals surface area contributed by atoms with E-state index in [9.17, 15) is 15.0 Å². The number of nitrogens with zero attached hydrogens (tertiary/aromatic N) is 1. The molecule has 1 aliphatic rings. The van der Waals surface area contributed by atoms with Gasteiger partial charge in [0.15, 0.2) is 0 Å². The Bertz CT molecular complexity index is 725. The van der Waals surface area contributed by atoms with Gasteiger partial charge in [-0.05, 0) is 42.9 Å². The SMILES string of the molecule is CC(NC(=O)N1CCC(c2ccc(O)cc2O)CC1)c1ccccc1. The summed E-state index contributed by atoms with van der Waals surface area (Å²) in [5.74, 6) is 0.393. The van der Waals surface area contributed by atoms with Crippen LogP contribution in [0.15, 0.2) is 48.5 Å². The summed E-state index contributed by atoms with van der Waals surface area (Å²) in [4.78, 5) is 14.3. The molecule has 0 saturated carbocycles. The normalized spacial score (nSPS) is 16.4. The van der Waals surface area contributed by atoms with E-state index in [1.54, 1.807) is 12.1 Å². The summed E-state index contributed by atoms with van der Waals surface area (Å²) in [6.45, 7) is 3.28. The van der Waals surface area contributed by atoms with E-state index in [4.69, 9.17) is 0 Å². The van der Waals surface area contributed by atoms with Crippen LogP contribution in [0.2, 0.25) is 0 Å². The van der Waals surface area contributed by atoms with Gasteiger partial charge in [-0.3, -0.25) is 0 Å². The fourth-order valence-electron chi connectivity index (χ4n) is 3.37. The number of nitrogens with one attached hydrogen (secondary N) is 1. The Labute approximate surface area is 147 Å². The van der Waals surface area contributed by atoms with Gasteiger partial charge in [0.1, 0.15) is 11.5 Å². The highest BCUT2D eigenvalue weighted by Crippen LogP contribution is 2.35.